The summed E-state index contributed by atoms with van der Waals surface area (Å²) in [7, 11) is 0. The van der Waals surface area contributed by atoms with E-state index in [9.17, 15) is 4.79 Å². The zero-order valence-corrected chi connectivity index (χ0v) is 20.7. The predicted molar refractivity (Wildman–Crippen MR) is 137 cm³/mol. The van der Waals surface area contributed by atoms with Gasteiger partial charge < -0.3 is 9.47 Å². The van der Waals surface area contributed by atoms with Crippen molar-refractivity contribution in [3.63, 3.8) is 0 Å². The summed E-state index contributed by atoms with van der Waals surface area (Å²) in [4.78, 5) is 22.6. The number of thioether (sulfide) groups is 2. The lowest BCUT2D eigenvalue weighted by Gasteiger charge is -2.15. The van der Waals surface area contributed by atoms with Gasteiger partial charge in [-0.15, -0.1) is 9.97 Å². The lowest BCUT2D eigenvalue weighted by Crippen LogP contribution is -2.22. The summed E-state index contributed by atoms with van der Waals surface area (Å²) in [6.45, 7) is 3.93. The zero-order valence-electron chi connectivity index (χ0n) is 19.1. The molecule has 1 aromatic heterocycles. The van der Waals surface area contributed by atoms with Gasteiger partial charge in [-0.2, -0.15) is 23.5 Å². The van der Waals surface area contributed by atoms with Crippen LogP contribution in [0.25, 0.3) is 0 Å². The van der Waals surface area contributed by atoms with Gasteiger partial charge in [0.15, 0.2) is 0 Å². The Labute approximate surface area is 203 Å². The van der Waals surface area contributed by atoms with E-state index in [-0.39, 0.29) is 24.2 Å². The lowest BCUT2D eigenvalue weighted by molar-refractivity contribution is 0.175. The van der Waals surface area contributed by atoms with E-state index in [4.69, 9.17) is 9.47 Å². The van der Waals surface area contributed by atoms with Gasteiger partial charge in [-0.25, -0.2) is 4.79 Å². The normalized spacial score (nSPS) is 12.8. The van der Waals surface area contributed by atoms with Gasteiger partial charge in [-0.05, 0) is 49.3 Å². The minimum Gasteiger partial charge on any atom is -0.462 e. The summed E-state index contributed by atoms with van der Waals surface area (Å²) < 4.78 is 11.6. The number of nitrogens with one attached hydrogen (secondary N) is 1. The smallest absolute Gasteiger partial charge is 0.353 e. The maximum atomic E-state index is 11.9. The molecule has 0 saturated heterocycles. The molecule has 1 N–H and O–H groups in total. The van der Waals surface area contributed by atoms with E-state index in [1.54, 1.807) is 0 Å². The molecule has 176 valence electrons. The van der Waals surface area contributed by atoms with Crippen LogP contribution in [-0.4, -0.2) is 38.7 Å². The van der Waals surface area contributed by atoms with Crippen LogP contribution in [0.3, 0.4) is 0 Å². The van der Waals surface area contributed by atoms with Crippen LogP contribution in [0.2, 0.25) is 0 Å². The van der Waals surface area contributed by atoms with Gasteiger partial charge in [0.2, 0.25) is 0 Å². The fraction of sp³-hybridized carbons (Fsp3) is 0.400. The molecule has 0 aliphatic rings. The third-order valence-corrected chi connectivity index (χ3v) is 6.91. The molecule has 0 amide bonds. The van der Waals surface area contributed by atoms with Crippen molar-refractivity contribution in [3.05, 3.63) is 82.3 Å². The van der Waals surface area contributed by atoms with Crippen LogP contribution < -0.4 is 15.2 Å². The van der Waals surface area contributed by atoms with Crippen molar-refractivity contribution in [2.24, 2.45) is 0 Å². The Kier molecular flexibility index (Phi) is 10.6. The third-order valence-electron chi connectivity index (χ3n) is 4.79. The summed E-state index contributed by atoms with van der Waals surface area (Å²) in [6.07, 6.45) is 1.49. The van der Waals surface area contributed by atoms with E-state index in [1.807, 2.05) is 49.5 Å². The first-order chi connectivity index (χ1) is 16.1. The molecule has 0 aliphatic heterocycles. The Hall–Kier alpha value is -2.45. The molecule has 3 rings (SSSR count). The number of nitrogens with zero attached hydrogens (tertiary/aromatic N) is 2. The largest absolute Gasteiger partial charge is 0.462 e. The first-order valence-corrected chi connectivity index (χ1v) is 13.4. The van der Waals surface area contributed by atoms with Crippen LogP contribution in [0.15, 0.2) is 65.5 Å². The van der Waals surface area contributed by atoms with Gasteiger partial charge in [0.25, 0.3) is 0 Å². The molecule has 2 unspecified atom stereocenters. The van der Waals surface area contributed by atoms with Gasteiger partial charge in [0, 0.05) is 11.5 Å². The summed E-state index contributed by atoms with van der Waals surface area (Å²) in [5.74, 6) is 3.83. The highest BCUT2D eigenvalue weighted by molar-refractivity contribution is 7.98. The van der Waals surface area contributed by atoms with Crippen molar-refractivity contribution in [1.29, 1.82) is 0 Å². The van der Waals surface area contributed by atoms with Crippen LogP contribution in [0.4, 0.5) is 0 Å². The monoisotopic (exact) mass is 485 g/mol. The fourth-order valence-electron chi connectivity index (χ4n) is 2.97. The number of rotatable bonds is 14. The molecule has 8 heteroatoms. The second-order valence-corrected chi connectivity index (χ2v) is 9.96. The van der Waals surface area contributed by atoms with Crippen LogP contribution >= 0.6 is 23.5 Å². The summed E-state index contributed by atoms with van der Waals surface area (Å²) >= 11 is 3.71. The summed E-state index contributed by atoms with van der Waals surface area (Å²) in [5.41, 5.74) is 2.10. The third kappa shape index (κ3) is 9.92. The number of aromatic nitrogens is 3. The molecule has 0 fully saturated rings. The van der Waals surface area contributed by atoms with Crippen molar-refractivity contribution in [3.8, 4) is 12.0 Å². The molecule has 0 aliphatic carbocycles. The summed E-state index contributed by atoms with van der Waals surface area (Å²) in [5, 5.41) is 0. The molecule has 3 aromatic rings. The average Bonchev–Trinajstić information content (AvgIpc) is 2.80. The first kappa shape index (κ1) is 25.2. The van der Waals surface area contributed by atoms with Crippen molar-refractivity contribution in [2.45, 2.75) is 50.4 Å². The van der Waals surface area contributed by atoms with E-state index >= 15 is 0 Å². The molecular formula is C25H31N3O3S2. The fourth-order valence-corrected chi connectivity index (χ4v) is 5.11. The van der Waals surface area contributed by atoms with Crippen LogP contribution in [0.5, 0.6) is 12.0 Å². The highest BCUT2D eigenvalue weighted by Crippen LogP contribution is 2.17. The van der Waals surface area contributed by atoms with Gasteiger partial charge in [0.05, 0.1) is 6.10 Å². The van der Waals surface area contributed by atoms with Gasteiger partial charge in [-0.3, -0.25) is 4.98 Å². The standard InChI is InChI=1S/C25H31N3O3S2/c1-19(13-15-32-17-21-9-5-3-6-10-21)30-24-26-23(29)27-25(28-24)31-20(2)14-16-33-18-22-11-7-4-8-12-22/h3-12,19-20H,13-18H2,1-2H3,(H,26,27,28,29). The molecule has 1 heterocycles. The molecule has 6 nitrogen and oxygen atoms in total. The predicted octanol–water partition coefficient (Wildman–Crippen LogP) is 5.35. The Morgan fingerprint density at radius 1 is 0.788 bits per heavy atom. The topological polar surface area (TPSA) is 77.1 Å². The minimum atomic E-state index is -0.522. The molecule has 2 atom stereocenters. The van der Waals surface area contributed by atoms with Gasteiger partial charge in [0.1, 0.15) is 6.10 Å². The van der Waals surface area contributed by atoms with Crippen LogP contribution in [0.1, 0.15) is 37.8 Å². The molecule has 33 heavy (non-hydrogen) atoms. The molecule has 0 bridgehead atoms. The Balaban J connectivity index is 1.38. The molecule has 2 aromatic carbocycles. The number of benzene rings is 2. The second kappa shape index (κ2) is 14.0. The number of hydrogen-bond donors (Lipinski definition) is 1. The van der Waals surface area contributed by atoms with E-state index in [0.717, 1.165) is 35.9 Å². The Bertz CT molecular complexity index is 926. The number of ether oxygens (including phenoxy) is 2. The lowest BCUT2D eigenvalue weighted by atomic mass is 10.2. The van der Waals surface area contributed by atoms with Crippen molar-refractivity contribution >= 4 is 23.5 Å². The number of hydrogen-bond acceptors (Lipinski definition) is 7. The van der Waals surface area contributed by atoms with Gasteiger partial charge in [-0.1, -0.05) is 60.7 Å². The summed E-state index contributed by atoms with van der Waals surface area (Å²) in [6, 6.07) is 21.0. The van der Waals surface area contributed by atoms with Crippen molar-refractivity contribution in [2.75, 3.05) is 11.5 Å². The van der Waals surface area contributed by atoms with E-state index in [0.29, 0.717) is 0 Å². The van der Waals surface area contributed by atoms with Crippen LogP contribution in [-0.2, 0) is 11.5 Å². The SMILES string of the molecule is CC(CCSCc1ccccc1)Oc1nc(OC(C)CCSCc2ccccc2)[nH]c(=O)n1. The van der Waals surface area contributed by atoms with Crippen LogP contribution in [0, 0.1) is 0 Å². The second-order valence-electron chi connectivity index (χ2n) is 7.75. The maximum Gasteiger partial charge on any atom is 0.353 e. The molecule has 0 saturated carbocycles. The molecule has 0 spiro atoms. The Morgan fingerprint density at radius 2 is 1.30 bits per heavy atom. The number of H-pyrrole nitrogens is 1. The van der Waals surface area contributed by atoms with E-state index < -0.39 is 5.69 Å². The minimum absolute atomic E-state index is 0.0555. The zero-order chi connectivity index (χ0) is 23.3. The highest BCUT2D eigenvalue weighted by atomic mass is 32.2. The highest BCUT2D eigenvalue weighted by Gasteiger charge is 2.12. The van der Waals surface area contributed by atoms with E-state index in [1.165, 1.54) is 11.1 Å². The Morgan fingerprint density at radius 3 is 1.85 bits per heavy atom. The quantitative estimate of drug-likeness (QED) is 0.309. The van der Waals surface area contributed by atoms with Crippen molar-refractivity contribution in [1.82, 2.24) is 15.0 Å². The number of aromatic amines is 1. The maximum absolute atomic E-state index is 11.9. The first-order valence-electron chi connectivity index (χ1n) is 11.1. The van der Waals surface area contributed by atoms with Crippen molar-refractivity contribution < 1.29 is 9.47 Å². The van der Waals surface area contributed by atoms with Gasteiger partial charge >= 0.3 is 17.7 Å². The molecular weight excluding hydrogens is 454 g/mol. The van der Waals surface area contributed by atoms with E-state index in [2.05, 4.69) is 63.5 Å². The molecule has 0 radical (unpaired) electrons. The average molecular weight is 486 g/mol.